The Labute approximate surface area is 161 Å². The molecule has 0 radical (unpaired) electrons. The van der Waals surface area contributed by atoms with Crippen molar-refractivity contribution < 1.29 is 14.4 Å². The molecular weight excluding hydrogens is 372 g/mol. The monoisotopic (exact) mass is 396 g/mol. The summed E-state index contributed by atoms with van der Waals surface area (Å²) in [6.07, 6.45) is 3.71. The molecule has 2 aliphatic heterocycles. The van der Waals surface area contributed by atoms with E-state index in [-0.39, 0.29) is 18.4 Å². The van der Waals surface area contributed by atoms with Crippen LogP contribution in [0.1, 0.15) is 11.3 Å². The number of thiophene rings is 1. The number of fused-ring (bicyclic) bond motifs is 1. The van der Waals surface area contributed by atoms with Crippen LogP contribution in [0.3, 0.4) is 0 Å². The predicted molar refractivity (Wildman–Crippen MR) is 103 cm³/mol. The maximum atomic E-state index is 13.1. The molecule has 142 valence electrons. The fraction of sp³-hybridized carbons (Fsp3) is 0.588. The number of hydrogen-bond acceptors (Lipinski definition) is 6. The standard InChI is InChI=1S/C17H24N4O3S2/c1-18-11-16(23)21-14(6-9-25-2)17(24)19(10-15(21)20(18)12-22)7-5-13-4-3-8-26-13/h3-4,8,12,14-15H,5-7,9-11H2,1-2H3/t14-,15?/m0/s1. The van der Waals surface area contributed by atoms with Crippen molar-refractivity contribution in [3.63, 3.8) is 0 Å². The lowest BCUT2D eigenvalue weighted by Gasteiger charge is -2.53. The van der Waals surface area contributed by atoms with Crippen LogP contribution in [0.25, 0.3) is 0 Å². The molecule has 2 atom stereocenters. The number of hydrogen-bond donors (Lipinski definition) is 0. The molecule has 7 nitrogen and oxygen atoms in total. The van der Waals surface area contributed by atoms with E-state index >= 15 is 0 Å². The van der Waals surface area contributed by atoms with Crippen LogP contribution in [-0.4, -0.2) is 88.9 Å². The summed E-state index contributed by atoms with van der Waals surface area (Å²) in [7, 11) is 1.73. The van der Waals surface area contributed by atoms with Crippen LogP contribution >= 0.6 is 23.1 Å². The highest BCUT2D eigenvalue weighted by atomic mass is 32.2. The largest absolute Gasteiger partial charge is 0.337 e. The Kier molecular flexibility index (Phi) is 6.20. The Bertz CT molecular complexity index is 654. The molecular formula is C17H24N4O3S2. The average Bonchev–Trinajstić information content (AvgIpc) is 3.13. The predicted octanol–water partition coefficient (Wildman–Crippen LogP) is 0.728. The van der Waals surface area contributed by atoms with Gasteiger partial charge in [-0.05, 0) is 36.3 Å². The first-order valence-corrected chi connectivity index (χ1v) is 10.9. The maximum Gasteiger partial charge on any atom is 0.245 e. The van der Waals surface area contributed by atoms with Gasteiger partial charge >= 0.3 is 0 Å². The zero-order valence-electron chi connectivity index (χ0n) is 15.0. The second-order valence-corrected chi connectivity index (χ2v) is 8.51. The Morgan fingerprint density at radius 1 is 1.38 bits per heavy atom. The molecule has 0 saturated carbocycles. The summed E-state index contributed by atoms with van der Waals surface area (Å²) in [6, 6.07) is 3.57. The average molecular weight is 397 g/mol. The van der Waals surface area contributed by atoms with Gasteiger partial charge in [0.2, 0.25) is 18.2 Å². The number of carbonyl (C=O) groups excluding carboxylic acids is 3. The van der Waals surface area contributed by atoms with Gasteiger partial charge in [-0.2, -0.15) is 11.8 Å². The quantitative estimate of drug-likeness (QED) is 0.636. The zero-order chi connectivity index (χ0) is 18.7. The Morgan fingerprint density at radius 2 is 2.19 bits per heavy atom. The first kappa shape index (κ1) is 19.2. The molecule has 1 unspecified atom stereocenters. The second-order valence-electron chi connectivity index (χ2n) is 6.49. The van der Waals surface area contributed by atoms with Crippen molar-refractivity contribution >= 4 is 41.3 Å². The molecule has 3 heterocycles. The van der Waals surface area contributed by atoms with E-state index in [1.807, 2.05) is 22.6 Å². The summed E-state index contributed by atoms with van der Waals surface area (Å²) < 4.78 is 0. The number of rotatable bonds is 7. The Hall–Kier alpha value is -1.58. The second kappa shape index (κ2) is 8.41. The van der Waals surface area contributed by atoms with Gasteiger partial charge in [-0.15, -0.1) is 11.3 Å². The third-order valence-electron chi connectivity index (χ3n) is 4.90. The minimum atomic E-state index is -0.492. The normalized spacial score (nSPS) is 24.2. The molecule has 1 aromatic rings. The fourth-order valence-electron chi connectivity index (χ4n) is 3.59. The summed E-state index contributed by atoms with van der Waals surface area (Å²) in [5.41, 5.74) is 0. The number of amides is 3. The van der Waals surface area contributed by atoms with Gasteiger partial charge in [-0.3, -0.25) is 19.4 Å². The number of nitrogens with zero attached hydrogens (tertiary/aromatic N) is 4. The van der Waals surface area contributed by atoms with Crippen molar-refractivity contribution in [1.82, 2.24) is 19.8 Å². The Balaban J connectivity index is 1.82. The number of likely N-dealkylation sites (N-methyl/N-ethyl adjacent to an activating group) is 1. The van der Waals surface area contributed by atoms with E-state index in [0.29, 0.717) is 19.5 Å². The number of carbonyl (C=O) groups is 3. The van der Waals surface area contributed by atoms with Crippen molar-refractivity contribution in [2.75, 3.05) is 38.7 Å². The number of thioether (sulfide) groups is 1. The van der Waals surface area contributed by atoms with Gasteiger partial charge in [0.25, 0.3) is 0 Å². The first-order valence-electron chi connectivity index (χ1n) is 8.62. The van der Waals surface area contributed by atoms with Crippen molar-refractivity contribution in [2.45, 2.75) is 25.0 Å². The molecule has 2 aliphatic rings. The summed E-state index contributed by atoms with van der Waals surface area (Å²) in [5.74, 6) is 0.700. The van der Waals surface area contributed by atoms with Crippen molar-refractivity contribution in [3.8, 4) is 0 Å². The van der Waals surface area contributed by atoms with Crippen LogP contribution in [0.4, 0.5) is 0 Å². The first-order chi connectivity index (χ1) is 12.6. The van der Waals surface area contributed by atoms with Crippen LogP contribution < -0.4 is 0 Å². The van der Waals surface area contributed by atoms with E-state index in [2.05, 4.69) is 6.07 Å². The molecule has 0 aromatic carbocycles. The van der Waals surface area contributed by atoms with Crippen LogP contribution in [0, 0.1) is 0 Å². The molecule has 0 bridgehead atoms. The topological polar surface area (TPSA) is 64.2 Å². The Morgan fingerprint density at radius 3 is 2.85 bits per heavy atom. The van der Waals surface area contributed by atoms with Crippen LogP contribution in [0.15, 0.2) is 17.5 Å². The summed E-state index contributed by atoms with van der Waals surface area (Å²) >= 11 is 3.33. The highest BCUT2D eigenvalue weighted by Gasteiger charge is 2.48. The van der Waals surface area contributed by atoms with E-state index < -0.39 is 12.2 Å². The van der Waals surface area contributed by atoms with E-state index in [1.54, 1.807) is 40.1 Å². The molecule has 26 heavy (non-hydrogen) atoms. The molecule has 2 fully saturated rings. The highest BCUT2D eigenvalue weighted by Crippen LogP contribution is 2.27. The molecule has 1 aromatic heterocycles. The minimum absolute atomic E-state index is 0.00407. The van der Waals surface area contributed by atoms with Crippen molar-refractivity contribution in [3.05, 3.63) is 22.4 Å². The highest BCUT2D eigenvalue weighted by molar-refractivity contribution is 7.98. The van der Waals surface area contributed by atoms with Crippen LogP contribution in [0.2, 0.25) is 0 Å². The lowest BCUT2D eigenvalue weighted by atomic mass is 10.0. The number of piperazine rings is 1. The van der Waals surface area contributed by atoms with Crippen LogP contribution in [-0.2, 0) is 20.8 Å². The van der Waals surface area contributed by atoms with Crippen molar-refractivity contribution in [2.24, 2.45) is 0 Å². The molecule has 0 aliphatic carbocycles. The molecule has 3 amide bonds. The van der Waals surface area contributed by atoms with E-state index in [9.17, 15) is 14.4 Å². The molecule has 2 saturated heterocycles. The third kappa shape index (κ3) is 3.74. The van der Waals surface area contributed by atoms with Gasteiger partial charge in [-0.25, -0.2) is 5.01 Å². The van der Waals surface area contributed by atoms with Crippen molar-refractivity contribution in [1.29, 1.82) is 0 Å². The molecule has 0 N–H and O–H groups in total. The SMILES string of the molecule is CSCC[C@H]1C(=O)N(CCc2cccs2)CC2N1C(=O)CN(C)N2C=O. The molecule has 9 heteroatoms. The summed E-state index contributed by atoms with van der Waals surface area (Å²) in [6.45, 7) is 1.08. The van der Waals surface area contributed by atoms with Gasteiger partial charge in [0.15, 0.2) is 0 Å². The number of hydrazine groups is 1. The lowest BCUT2D eigenvalue weighted by Crippen LogP contribution is -2.74. The smallest absolute Gasteiger partial charge is 0.245 e. The van der Waals surface area contributed by atoms with E-state index in [0.717, 1.165) is 18.6 Å². The molecule has 3 rings (SSSR count). The van der Waals surface area contributed by atoms with E-state index in [1.165, 1.54) is 9.89 Å². The van der Waals surface area contributed by atoms with Gasteiger partial charge in [0.05, 0.1) is 13.1 Å². The van der Waals surface area contributed by atoms with Gasteiger partial charge in [0.1, 0.15) is 12.2 Å². The van der Waals surface area contributed by atoms with Gasteiger partial charge in [0, 0.05) is 18.5 Å². The zero-order valence-corrected chi connectivity index (χ0v) is 16.7. The summed E-state index contributed by atoms with van der Waals surface area (Å²) in [4.78, 5) is 42.0. The third-order valence-corrected chi connectivity index (χ3v) is 6.48. The fourth-order valence-corrected chi connectivity index (χ4v) is 4.75. The minimum Gasteiger partial charge on any atom is -0.337 e. The molecule has 0 spiro atoms. The van der Waals surface area contributed by atoms with Gasteiger partial charge < -0.3 is 9.80 Å². The van der Waals surface area contributed by atoms with Crippen LogP contribution in [0.5, 0.6) is 0 Å². The van der Waals surface area contributed by atoms with Gasteiger partial charge in [-0.1, -0.05) is 6.07 Å². The summed E-state index contributed by atoms with van der Waals surface area (Å²) in [5, 5.41) is 5.20. The van der Waals surface area contributed by atoms with E-state index in [4.69, 9.17) is 0 Å². The lowest BCUT2D eigenvalue weighted by molar-refractivity contribution is -0.196. The maximum absolute atomic E-state index is 13.1.